The van der Waals surface area contributed by atoms with E-state index in [1.807, 2.05) is 20.8 Å². The van der Waals surface area contributed by atoms with Gasteiger partial charge in [0.2, 0.25) is 0 Å². The summed E-state index contributed by atoms with van der Waals surface area (Å²) >= 11 is 0. The predicted octanol–water partition coefficient (Wildman–Crippen LogP) is 6.81. The molecule has 0 aliphatic heterocycles. The number of ether oxygens (including phenoxy) is 1. The maximum Gasteiger partial charge on any atom is 0.426 e. The summed E-state index contributed by atoms with van der Waals surface area (Å²) in [4.78, 5) is 12.6. The minimum atomic E-state index is -5.79. The maximum atomic E-state index is 12.9. The third kappa shape index (κ3) is 6.58. The molecule has 4 unspecified atom stereocenters. The van der Waals surface area contributed by atoms with Crippen molar-refractivity contribution in [3.05, 3.63) is 0 Å². The molecular formula is C22H38F6O4Si2. The smallest absolute Gasteiger partial charge is 0.426 e. The quantitative estimate of drug-likeness (QED) is 0.210. The third-order valence-electron chi connectivity index (χ3n) is 7.25. The van der Waals surface area contributed by atoms with E-state index in [0.29, 0.717) is 5.92 Å². The lowest BCUT2D eigenvalue weighted by Gasteiger charge is -2.42. The van der Waals surface area contributed by atoms with Crippen molar-refractivity contribution in [2.45, 2.75) is 114 Å². The lowest BCUT2D eigenvalue weighted by atomic mass is 9.88. The van der Waals surface area contributed by atoms with Crippen LogP contribution in [-0.2, 0) is 13.6 Å². The summed E-state index contributed by atoms with van der Waals surface area (Å²) in [5.41, 5.74) is -4.97. The Hall–Kier alpha value is -0.596. The largest absolute Gasteiger partial charge is 0.460 e. The van der Waals surface area contributed by atoms with Gasteiger partial charge in [-0.25, -0.2) is 0 Å². The van der Waals surface area contributed by atoms with Gasteiger partial charge in [-0.1, -0.05) is 6.42 Å². The van der Waals surface area contributed by atoms with Crippen molar-refractivity contribution in [3.8, 4) is 0 Å². The van der Waals surface area contributed by atoms with Gasteiger partial charge in [0.1, 0.15) is 5.60 Å². The van der Waals surface area contributed by atoms with Gasteiger partial charge in [-0.05, 0) is 96.1 Å². The average molecular weight is 537 g/mol. The highest BCUT2D eigenvalue weighted by molar-refractivity contribution is 6.85. The van der Waals surface area contributed by atoms with Crippen molar-refractivity contribution < 1.29 is 45.1 Å². The van der Waals surface area contributed by atoms with Crippen LogP contribution in [0.5, 0.6) is 0 Å². The molecule has 4 atom stereocenters. The van der Waals surface area contributed by atoms with Crippen LogP contribution in [0, 0.1) is 17.8 Å². The number of alkyl halides is 6. The molecule has 0 radical (unpaired) electrons. The maximum absolute atomic E-state index is 12.9. The van der Waals surface area contributed by atoms with E-state index < -0.39 is 53.0 Å². The van der Waals surface area contributed by atoms with Crippen LogP contribution in [-0.4, -0.2) is 51.3 Å². The van der Waals surface area contributed by atoms with Gasteiger partial charge in [-0.3, -0.25) is 4.79 Å². The lowest BCUT2D eigenvalue weighted by Crippen LogP contribution is -2.57. The van der Waals surface area contributed by atoms with E-state index in [1.54, 1.807) is 13.1 Å². The van der Waals surface area contributed by atoms with Crippen LogP contribution in [0.15, 0.2) is 0 Å². The molecule has 34 heavy (non-hydrogen) atoms. The van der Waals surface area contributed by atoms with Gasteiger partial charge < -0.3 is 14.0 Å². The first kappa shape index (κ1) is 29.6. The second-order valence-corrected chi connectivity index (χ2v) is 20.9. The molecule has 4 nitrogen and oxygen atoms in total. The normalized spacial score (nSPS) is 26.8. The predicted molar refractivity (Wildman–Crippen MR) is 121 cm³/mol. The van der Waals surface area contributed by atoms with Crippen molar-refractivity contribution in [1.82, 2.24) is 0 Å². The number of carbonyl (C=O) groups excluding carboxylic acids is 1. The molecule has 0 aromatic carbocycles. The Bertz CT molecular complexity index is 731. The number of halogens is 6. The van der Waals surface area contributed by atoms with Crippen LogP contribution in [0.25, 0.3) is 0 Å². The summed E-state index contributed by atoms with van der Waals surface area (Å²) in [6.45, 7) is 13.2. The molecule has 0 heterocycles. The molecule has 0 amide bonds. The fourth-order valence-corrected chi connectivity index (χ4v) is 15.9. The zero-order valence-electron chi connectivity index (χ0n) is 21.0. The van der Waals surface area contributed by atoms with Gasteiger partial charge >= 0.3 is 18.3 Å². The SMILES string of the molecule is CC(C)(C)OC(=O)C1CC2CC1CC2[Si](C)(C)O[Si](C)(C)CCCC(O)(C(F)(F)F)C(F)(F)F. The minimum Gasteiger partial charge on any atom is -0.460 e. The molecular weight excluding hydrogens is 498 g/mol. The van der Waals surface area contributed by atoms with E-state index in [9.17, 15) is 36.2 Å². The summed E-state index contributed by atoms with van der Waals surface area (Å²) in [6, 6.07) is 0.0826. The standard InChI is InChI=1S/C22H38F6O4Si2/c1-19(2,3)31-18(29)16-12-15-11-14(16)13-17(15)34(6,7)32-33(4,5)10-8-9-20(30,21(23,24)25)22(26,27)28/h14-17,30H,8-13H2,1-7H3. The van der Waals surface area contributed by atoms with Crippen molar-refractivity contribution in [2.24, 2.45) is 17.8 Å². The summed E-state index contributed by atoms with van der Waals surface area (Å²) < 4.78 is 89.8. The second-order valence-electron chi connectivity index (χ2n) is 12.1. The number of hydrogen-bond acceptors (Lipinski definition) is 4. The van der Waals surface area contributed by atoms with E-state index in [-0.39, 0.29) is 29.4 Å². The van der Waals surface area contributed by atoms with Crippen molar-refractivity contribution in [1.29, 1.82) is 0 Å². The van der Waals surface area contributed by atoms with Crippen molar-refractivity contribution in [3.63, 3.8) is 0 Å². The molecule has 200 valence electrons. The summed E-state index contributed by atoms with van der Waals surface area (Å²) in [7, 11) is -4.94. The second kappa shape index (κ2) is 9.37. The Balaban J connectivity index is 1.97. The summed E-state index contributed by atoms with van der Waals surface area (Å²) in [5.74, 6) is 0.237. The van der Waals surface area contributed by atoms with Crippen LogP contribution < -0.4 is 0 Å². The van der Waals surface area contributed by atoms with Crippen molar-refractivity contribution in [2.75, 3.05) is 0 Å². The van der Waals surface area contributed by atoms with Gasteiger partial charge in [-0.15, -0.1) is 0 Å². The highest BCUT2D eigenvalue weighted by atomic mass is 28.4. The first-order chi connectivity index (χ1) is 15.0. The molecule has 0 spiro atoms. The highest BCUT2D eigenvalue weighted by Crippen LogP contribution is 2.59. The zero-order chi connectivity index (χ0) is 26.5. The Labute approximate surface area is 200 Å². The van der Waals surface area contributed by atoms with Crippen LogP contribution in [0.1, 0.15) is 52.9 Å². The first-order valence-electron chi connectivity index (χ1n) is 11.8. The molecule has 2 fully saturated rings. The molecule has 2 rings (SSSR count). The molecule has 2 aliphatic carbocycles. The molecule has 1 N–H and O–H groups in total. The topological polar surface area (TPSA) is 55.8 Å². The van der Waals surface area contributed by atoms with Gasteiger partial charge in [0.15, 0.2) is 16.6 Å². The van der Waals surface area contributed by atoms with Crippen LogP contribution in [0.4, 0.5) is 26.3 Å². The Morgan fingerprint density at radius 2 is 1.44 bits per heavy atom. The van der Waals surface area contributed by atoms with Crippen LogP contribution in [0.2, 0.25) is 37.8 Å². The number of fused-ring (bicyclic) bond motifs is 2. The number of aliphatic hydroxyl groups is 1. The summed E-state index contributed by atoms with van der Waals surface area (Å²) in [5, 5.41) is 9.39. The number of carbonyl (C=O) groups is 1. The van der Waals surface area contributed by atoms with E-state index >= 15 is 0 Å². The van der Waals surface area contributed by atoms with Gasteiger partial charge in [0, 0.05) is 0 Å². The molecule has 12 heteroatoms. The molecule has 2 aliphatic rings. The Morgan fingerprint density at radius 1 is 0.912 bits per heavy atom. The molecule has 2 saturated carbocycles. The molecule has 0 saturated heterocycles. The number of hydrogen-bond donors (Lipinski definition) is 1. The van der Waals surface area contributed by atoms with Gasteiger partial charge in [0.25, 0.3) is 5.60 Å². The van der Waals surface area contributed by atoms with Crippen LogP contribution in [0.3, 0.4) is 0 Å². The molecule has 0 aromatic rings. The fraction of sp³-hybridized carbons (Fsp3) is 0.955. The average Bonchev–Trinajstić information content (AvgIpc) is 3.18. The minimum absolute atomic E-state index is 0.0826. The zero-order valence-corrected chi connectivity index (χ0v) is 23.0. The van der Waals surface area contributed by atoms with E-state index in [0.717, 1.165) is 19.3 Å². The molecule has 2 bridgehead atoms. The van der Waals surface area contributed by atoms with E-state index in [4.69, 9.17) is 8.85 Å². The van der Waals surface area contributed by atoms with E-state index in [1.165, 1.54) is 0 Å². The lowest BCUT2D eigenvalue weighted by molar-refractivity contribution is -0.369. The van der Waals surface area contributed by atoms with Gasteiger partial charge in [-0.2, -0.15) is 26.3 Å². The van der Waals surface area contributed by atoms with Crippen LogP contribution >= 0.6 is 0 Å². The Kier molecular flexibility index (Phi) is 8.17. The first-order valence-corrected chi connectivity index (χ1v) is 17.9. The van der Waals surface area contributed by atoms with E-state index in [2.05, 4.69) is 13.1 Å². The van der Waals surface area contributed by atoms with Gasteiger partial charge in [0.05, 0.1) is 5.92 Å². The Morgan fingerprint density at radius 3 is 1.85 bits per heavy atom. The monoisotopic (exact) mass is 536 g/mol. The third-order valence-corrected chi connectivity index (χ3v) is 15.6. The van der Waals surface area contributed by atoms with Crippen molar-refractivity contribution >= 4 is 22.6 Å². The fourth-order valence-electron chi connectivity index (χ4n) is 5.85. The number of esters is 1. The molecule has 0 aromatic heterocycles. The highest BCUT2D eigenvalue weighted by Gasteiger charge is 2.69. The number of rotatable bonds is 8. The summed E-state index contributed by atoms with van der Waals surface area (Å²) in [6.07, 6.45) is -11.0.